The Kier molecular flexibility index (Phi) is 3.71. The van der Waals surface area contributed by atoms with Crippen LogP contribution in [0, 0.1) is 12.7 Å². The Labute approximate surface area is 109 Å². The lowest BCUT2D eigenvalue weighted by atomic mass is 10.2. The molecule has 2 rings (SSSR count). The zero-order valence-corrected chi connectivity index (χ0v) is 10.4. The molecule has 8 heteroatoms. The highest BCUT2D eigenvalue weighted by Crippen LogP contribution is 2.18. The van der Waals surface area contributed by atoms with Crippen LogP contribution in [0.2, 0.25) is 0 Å². The van der Waals surface area contributed by atoms with E-state index in [0.717, 1.165) is 0 Å². The van der Waals surface area contributed by atoms with Crippen LogP contribution in [-0.2, 0) is 0 Å². The van der Waals surface area contributed by atoms with Gasteiger partial charge in [-0.3, -0.25) is 5.43 Å². The van der Waals surface area contributed by atoms with Crippen LogP contribution in [0.3, 0.4) is 0 Å². The van der Waals surface area contributed by atoms with Gasteiger partial charge in [-0.1, -0.05) is 6.07 Å². The summed E-state index contributed by atoms with van der Waals surface area (Å²) < 4.78 is 18.3. The van der Waals surface area contributed by atoms with Crippen molar-refractivity contribution in [1.82, 2.24) is 15.0 Å². The van der Waals surface area contributed by atoms with Gasteiger partial charge in [0, 0.05) is 5.69 Å². The minimum absolute atomic E-state index is 0.0954. The minimum Gasteiger partial charge on any atom is -0.467 e. The van der Waals surface area contributed by atoms with Crippen molar-refractivity contribution in [2.24, 2.45) is 5.84 Å². The van der Waals surface area contributed by atoms with Gasteiger partial charge in [-0.15, -0.1) is 0 Å². The van der Waals surface area contributed by atoms with Crippen LogP contribution in [0.15, 0.2) is 18.2 Å². The first-order valence-corrected chi connectivity index (χ1v) is 5.42. The molecule has 0 aliphatic rings. The summed E-state index contributed by atoms with van der Waals surface area (Å²) in [6, 6.07) is 4.81. The summed E-state index contributed by atoms with van der Waals surface area (Å²) in [5.74, 6) is 5.26. The Hall–Kier alpha value is -2.48. The van der Waals surface area contributed by atoms with Crippen LogP contribution in [0.5, 0.6) is 6.01 Å². The van der Waals surface area contributed by atoms with E-state index >= 15 is 0 Å². The van der Waals surface area contributed by atoms with Crippen molar-refractivity contribution in [3.05, 3.63) is 29.6 Å². The summed E-state index contributed by atoms with van der Waals surface area (Å²) in [7, 11) is 1.42. The summed E-state index contributed by atoms with van der Waals surface area (Å²) in [4.78, 5) is 11.8. The van der Waals surface area contributed by atoms with Crippen molar-refractivity contribution in [2.75, 3.05) is 17.9 Å². The SMILES string of the molecule is COc1nc(NN)nc(Nc2ccc(C)c(F)c2)n1. The largest absolute Gasteiger partial charge is 0.467 e. The molecule has 0 aliphatic carbocycles. The van der Waals surface area contributed by atoms with E-state index in [1.54, 1.807) is 19.1 Å². The Morgan fingerprint density at radius 2 is 1.95 bits per heavy atom. The van der Waals surface area contributed by atoms with Crippen molar-refractivity contribution < 1.29 is 9.13 Å². The van der Waals surface area contributed by atoms with Gasteiger partial charge in [0.15, 0.2) is 0 Å². The molecule has 0 bridgehead atoms. The van der Waals surface area contributed by atoms with Gasteiger partial charge >= 0.3 is 6.01 Å². The van der Waals surface area contributed by atoms with Crippen LogP contribution in [-0.4, -0.2) is 22.1 Å². The number of hydrazine groups is 1. The van der Waals surface area contributed by atoms with Crippen molar-refractivity contribution in [3.8, 4) is 6.01 Å². The maximum absolute atomic E-state index is 13.4. The van der Waals surface area contributed by atoms with Crippen LogP contribution < -0.4 is 21.3 Å². The summed E-state index contributed by atoms with van der Waals surface area (Å²) in [6.07, 6.45) is 0. The molecule has 0 atom stereocenters. The Morgan fingerprint density at radius 3 is 2.58 bits per heavy atom. The summed E-state index contributed by atoms with van der Waals surface area (Å²) in [5.41, 5.74) is 3.36. The topological polar surface area (TPSA) is 98.0 Å². The minimum atomic E-state index is -0.316. The number of nitrogens with zero attached hydrogens (tertiary/aromatic N) is 3. The number of hydrogen-bond acceptors (Lipinski definition) is 7. The first-order valence-electron chi connectivity index (χ1n) is 5.42. The van der Waals surface area contributed by atoms with Crippen molar-refractivity contribution >= 4 is 17.6 Å². The molecule has 0 unspecified atom stereocenters. The number of anilines is 3. The number of nitrogens with one attached hydrogen (secondary N) is 2. The van der Waals surface area contributed by atoms with Crippen LogP contribution in [0.1, 0.15) is 5.56 Å². The van der Waals surface area contributed by atoms with Gasteiger partial charge in [-0.05, 0) is 24.6 Å². The number of rotatable bonds is 4. The number of benzene rings is 1. The Morgan fingerprint density at radius 1 is 1.21 bits per heavy atom. The molecular weight excluding hydrogens is 251 g/mol. The van der Waals surface area contributed by atoms with Gasteiger partial charge < -0.3 is 10.1 Å². The third-order valence-electron chi connectivity index (χ3n) is 2.35. The highest BCUT2D eigenvalue weighted by atomic mass is 19.1. The second-order valence-corrected chi connectivity index (χ2v) is 3.70. The van der Waals surface area contributed by atoms with E-state index in [9.17, 15) is 4.39 Å². The van der Waals surface area contributed by atoms with Gasteiger partial charge in [0.05, 0.1) is 7.11 Å². The second-order valence-electron chi connectivity index (χ2n) is 3.70. The summed E-state index contributed by atoms with van der Waals surface area (Å²) >= 11 is 0. The van der Waals surface area contributed by atoms with E-state index in [1.807, 2.05) is 0 Å². The van der Waals surface area contributed by atoms with Crippen molar-refractivity contribution in [2.45, 2.75) is 6.92 Å². The molecule has 0 spiro atoms. The third-order valence-corrected chi connectivity index (χ3v) is 2.35. The molecule has 19 heavy (non-hydrogen) atoms. The molecule has 100 valence electrons. The fourth-order valence-corrected chi connectivity index (χ4v) is 1.37. The van der Waals surface area contributed by atoms with Crippen molar-refractivity contribution in [3.63, 3.8) is 0 Å². The fourth-order valence-electron chi connectivity index (χ4n) is 1.37. The summed E-state index contributed by atoms with van der Waals surface area (Å²) in [6.45, 7) is 1.68. The predicted octanol–water partition coefficient (Wildman–Crippen LogP) is 1.36. The number of nitrogen functional groups attached to an aromatic ring is 1. The van der Waals surface area contributed by atoms with Crippen LogP contribution >= 0.6 is 0 Å². The second kappa shape index (κ2) is 5.44. The van der Waals surface area contributed by atoms with E-state index in [2.05, 4.69) is 25.7 Å². The average Bonchev–Trinajstić information content (AvgIpc) is 2.42. The van der Waals surface area contributed by atoms with Gasteiger partial charge in [-0.25, -0.2) is 10.2 Å². The van der Waals surface area contributed by atoms with E-state index in [1.165, 1.54) is 13.2 Å². The van der Waals surface area contributed by atoms with Gasteiger partial charge in [0.2, 0.25) is 11.9 Å². The molecule has 2 aromatic rings. The number of ether oxygens (including phenoxy) is 1. The molecule has 0 saturated heterocycles. The number of halogens is 1. The zero-order valence-electron chi connectivity index (χ0n) is 10.4. The van der Waals surface area contributed by atoms with E-state index in [0.29, 0.717) is 11.3 Å². The van der Waals surface area contributed by atoms with Gasteiger partial charge in [0.1, 0.15) is 5.82 Å². The Bertz CT molecular complexity index is 569. The Balaban J connectivity index is 2.29. The monoisotopic (exact) mass is 264 g/mol. The zero-order chi connectivity index (χ0) is 13.8. The van der Waals surface area contributed by atoms with Gasteiger partial charge in [0.25, 0.3) is 0 Å². The fraction of sp³-hybridized carbons (Fsp3) is 0.182. The number of nitrogens with two attached hydrogens (primary N) is 1. The molecule has 7 nitrogen and oxygen atoms in total. The van der Waals surface area contributed by atoms with E-state index in [4.69, 9.17) is 10.6 Å². The number of aromatic nitrogens is 3. The number of methoxy groups -OCH3 is 1. The normalized spacial score (nSPS) is 10.1. The maximum Gasteiger partial charge on any atom is 0.322 e. The van der Waals surface area contributed by atoms with E-state index in [-0.39, 0.29) is 23.7 Å². The molecule has 0 aliphatic heterocycles. The molecule has 0 saturated carbocycles. The quantitative estimate of drug-likeness (QED) is 0.566. The smallest absolute Gasteiger partial charge is 0.322 e. The standard InChI is InChI=1S/C11H13FN6O/c1-6-3-4-7(5-8(6)12)14-9-15-10(18-13)17-11(16-9)19-2/h3-5H,13H2,1-2H3,(H2,14,15,16,17,18). The molecule has 0 radical (unpaired) electrons. The molecule has 0 amide bonds. The highest BCUT2D eigenvalue weighted by Gasteiger charge is 2.07. The van der Waals surface area contributed by atoms with Crippen molar-refractivity contribution in [1.29, 1.82) is 0 Å². The lowest BCUT2D eigenvalue weighted by Crippen LogP contribution is -2.13. The van der Waals surface area contributed by atoms with Gasteiger partial charge in [-0.2, -0.15) is 15.0 Å². The first kappa shape index (κ1) is 13.0. The van der Waals surface area contributed by atoms with Crippen LogP contribution in [0.25, 0.3) is 0 Å². The molecule has 1 heterocycles. The lowest BCUT2D eigenvalue weighted by Gasteiger charge is -2.08. The molecule has 1 aromatic heterocycles. The lowest BCUT2D eigenvalue weighted by molar-refractivity contribution is 0.379. The average molecular weight is 264 g/mol. The molecule has 4 N–H and O–H groups in total. The highest BCUT2D eigenvalue weighted by molar-refractivity contribution is 5.55. The summed E-state index contributed by atoms with van der Waals surface area (Å²) in [5, 5.41) is 2.84. The number of aryl methyl sites for hydroxylation is 1. The first-order chi connectivity index (χ1) is 9.12. The van der Waals surface area contributed by atoms with Crippen LogP contribution in [0.4, 0.5) is 22.0 Å². The third kappa shape index (κ3) is 3.05. The predicted molar refractivity (Wildman–Crippen MR) is 68.6 cm³/mol. The van der Waals surface area contributed by atoms with E-state index < -0.39 is 0 Å². The molecule has 0 fully saturated rings. The maximum atomic E-state index is 13.4. The molecule has 1 aromatic carbocycles. The number of hydrogen-bond donors (Lipinski definition) is 3. The molecular formula is C11H13FN6O.